The van der Waals surface area contributed by atoms with Crippen LogP contribution in [0.4, 0.5) is 5.69 Å². The van der Waals surface area contributed by atoms with Crippen LogP contribution in [-0.2, 0) is 4.79 Å². The maximum atomic E-state index is 12.7. The maximum Gasteiger partial charge on any atom is 0.337 e. The van der Waals surface area contributed by atoms with Gasteiger partial charge in [0.2, 0.25) is 0 Å². The van der Waals surface area contributed by atoms with Crippen LogP contribution in [0.5, 0.6) is 11.5 Å². The minimum absolute atomic E-state index is 0.0678. The van der Waals surface area contributed by atoms with Crippen molar-refractivity contribution in [2.24, 2.45) is 4.99 Å². The molecule has 0 radical (unpaired) electrons. The van der Waals surface area contributed by atoms with Crippen LogP contribution in [0.1, 0.15) is 15.9 Å². The Kier molecular flexibility index (Phi) is 7.50. The third kappa shape index (κ3) is 5.09. The Morgan fingerprint density at radius 1 is 1.28 bits per heavy atom. The number of carboxylic acid groups (broad SMARTS) is 1. The van der Waals surface area contributed by atoms with E-state index in [2.05, 4.69) is 11.6 Å². The summed E-state index contributed by atoms with van der Waals surface area (Å²) in [6, 6.07) is 7.75. The van der Waals surface area contributed by atoms with Gasteiger partial charge in [-0.15, -0.1) is 0 Å². The molecule has 32 heavy (non-hydrogen) atoms. The van der Waals surface area contributed by atoms with Crippen LogP contribution in [0, 0.1) is 0 Å². The molecule has 1 heterocycles. The number of carbonyl (C=O) groups excluding carboxylic acids is 1. The number of likely N-dealkylation sites (N-methyl/N-ethyl adjacent to an activating group) is 1. The van der Waals surface area contributed by atoms with E-state index in [0.29, 0.717) is 37.8 Å². The Morgan fingerprint density at radius 3 is 2.69 bits per heavy atom. The van der Waals surface area contributed by atoms with Gasteiger partial charge in [-0.25, -0.2) is 9.79 Å². The molecular formula is C22H18Cl2N2O5S. The number of nitrogens with zero attached hydrogens (tertiary/aromatic N) is 2. The highest BCUT2D eigenvalue weighted by molar-refractivity contribution is 8.18. The zero-order chi connectivity index (χ0) is 23.4. The summed E-state index contributed by atoms with van der Waals surface area (Å²) in [6.45, 7) is 3.87. The number of methoxy groups -OCH3 is 1. The molecule has 0 aliphatic carbocycles. The monoisotopic (exact) mass is 492 g/mol. The Hall–Kier alpha value is -2.94. The molecule has 2 aromatic carbocycles. The average molecular weight is 493 g/mol. The molecular weight excluding hydrogens is 475 g/mol. The van der Waals surface area contributed by atoms with Crippen molar-refractivity contribution in [2.45, 2.75) is 0 Å². The molecule has 3 rings (SSSR count). The van der Waals surface area contributed by atoms with Gasteiger partial charge in [0.05, 0.1) is 33.3 Å². The number of ether oxygens (including phenoxy) is 2. The average Bonchev–Trinajstić information content (AvgIpc) is 3.01. The van der Waals surface area contributed by atoms with Gasteiger partial charge in [0, 0.05) is 7.05 Å². The predicted octanol–water partition coefficient (Wildman–Crippen LogP) is 5.50. The molecule has 7 nitrogen and oxygen atoms in total. The lowest BCUT2D eigenvalue weighted by atomic mass is 10.2. The van der Waals surface area contributed by atoms with Crippen molar-refractivity contribution in [1.29, 1.82) is 0 Å². The van der Waals surface area contributed by atoms with Gasteiger partial charge in [-0.1, -0.05) is 35.9 Å². The first kappa shape index (κ1) is 23.7. The van der Waals surface area contributed by atoms with Crippen molar-refractivity contribution in [1.82, 2.24) is 4.90 Å². The van der Waals surface area contributed by atoms with E-state index in [1.165, 1.54) is 24.1 Å². The zero-order valence-electron chi connectivity index (χ0n) is 17.1. The fourth-order valence-electron chi connectivity index (χ4n) is 2.77. The minimum Gasteiger partial charge on any atom is -0.493 e. The van der Waals surface area contributed by atoms with Crippen molar-refractivity contribution in [3.05, 3.63) is 69.1 Å². The Balaban J connectivity index is 1.93. The normalized spacial score (nSPS) is 16.0. The van der Waals surface area contributed by atoms with Gasteiger partial charge in [0.15, 0.2) is 16.7 Å². The van der Waals surface area contributed by atoms with Crippen molar-refractivity contribution < 1.29 is 24.2 Å². The molecule has 0 unspecified atom stereocenters. The first-order valence-corrected chi connectivity index (χ1v) is 10.7. The summed E-state index contributed by atoms with van der Waals surface area (Å²) in [5.41, 5.74) is 0.938. The predicted molar refractivity (Wildman–Crippen MR) is 128 cm³/mol. The number of aromatic carboxylic acids is 1. The Bertz CT molecular complexity index is 1160. The van der Waals surface area contributed by atoms with Gasteiger partial charge in [0.25, 0.3) is 5.91 Å². The van der Waals surface area contributed by atoms with Crippen LogP contribution in [0.15, 0.2) is 52.9 Å². The summed E-state index contributed by atoms with van der Waals surface area (Å²) in [5, 5.41) is 10.1. The maximum absolute atomic E-state index is 12.7. The summed E-state index contributed by atoms with van der Waals surface area (Å²) >= 11 is 13.4. The summed E-state index contributed by atoms with van der Waals surface area (Å²) < 4.78 is 10.9. The molecule has 1 amide bonds. The first-order chi connectivity index (χ1) is 15.2. The summed E-state index contributed by atoms with van der Waals surface area (Å²) in [7, 11) is 3.08. The van der Waals surface area contributed by atoms with E-state index in [-0.39, 0.29) is 23.1 Å². The number of carbonyl (C=O) groups is 2. The van der Waals surface area contributed by atoms with Gasteiger partial charge < -0.3 is 14.6 Å². The highest BCUT2D eigenvalue weighted by Gasteiger charge is 2.30. The molecule has 166 valence electrons. The van der Waals surface area contributed by atoms with E-state index in [9.17, 15) is 14.7 Å². The number of amidine groups is 1. The number of thioether (sulfide) groups is 1. The summed E-state index contributed by atoms with van der Waals surface area (Å²) in [6.07, 6.45) is 3.26. The van der Waals surface area contributed by atoms with Gasteiger partial charge in [0.1, 0.15) is 6.61 Å². The van der Waals surface area contributed by atoms with Crippen LogP contribution >= 0.6 is 35.0 Å². The number of carboxylic acids is 1. The number of amides is 1. The number of aliphatic imine (C=N–C) groups is 1. The van der Waals surface area contributed by atoms with Crippen molar-refractivity contribution >= 4 is 63.8 Å². The van der Waals surface area contributed by atoms with E-state index in [1.807, 2.05) is 0 Å². The Morgan fingerprint density at radius 2 is 2.03 bits per heavy atom. The third-order valence-corrected chi connectivity index (χ3v) is 5.97. The van der Waals surface area contributed by atoms with Gasteiger partial charge >= 0.3 is 5.97 Å². The smallest absolute Gasteiger partial charge is 0.337 e. The number of hydrogen-bond donors (Lipinski definition) is 1. The van der Waals surface area contributed by atoms with Crippen LogP contribution in [0.3, 0.4) is 0 Å². The third-order valence-electron chi connectivity index (χ3n) is 4.30. The van der Waals surface area contributed by atoms with E-state index >= 15 is 0 Å². The molecule has 1 aliphatic rings. The SMILES string of the molecule is C=CCOc1c(Cl)cc(C=C2SC(=Nc3ccc(Cl)c(C(=O)O)c3)N(C)C2=O)cc1OC. The highest BCUT2D eigenvalue weighted by Crippen LogP contribution is 2.39. The fourth-order valence-corrected chi connectivity index (χ4v) is 4.22. The lowest BCUT2D eigenvalue weighted by molar-refractivity contribution is -0.121. The first-order valence-electron chi connectivity index (χ1n) is 9.15. The second-order valence-corrected chi connectivity index (χ2v) is 8.30. The van der Waals surface area contributed by atoms with Gasteiger partial charge in [-0.2, -0.15) is 0 Å². The standard InChI is InChI=1S/C22H18Cl2N2O5S/c1-4-7-31-19-16(24)8-12(9-17(19)30-3)10-18-20(27)26(2)22(32-18)25-13-5-6-15(23)14(11-13)21(28)29/h4-6,8-11H,1,7H2,2-3H3,(H,28,29). The molecule has 1 fully saturated rings. The largest absolute Gasteiger partial charge is 0.493 e. The number of benzene rings is 2. The number of rotatable bonds is 7. The molecule has 0 bridgehead atoms. The molecule has 1 N–H and O–H groups in total. The zero-order valence-corrected chi connectivity index (χ0v) is 19.4. The summed E-state index contributed by atoms with van der Waals surface area (Å²) in [4.78, 5) is 30.2. The van der Waals surface area contributed by atoms with Crippen LogP contribution in [-0.4, -0.2) is 47.8 Å². The molecule has 1 aliphatic heterocycles. The fraction of sp³-hybridized carbons (Fsp3) is 0.136. The topological polar surface area (TPSA) is 88.4 Å². The number of halogens is 2. The van der Waals surface area contributed by atoms with Crippen LogP contribution in [0.2, 0.25) is 10.0 Å². The molecule has 1 saturated heterocycles. The summed E-state index contributed by atoms with van der Waals surface area (Å²) in [5.74, 6) is -0.611. The molecule has 0 spiro atoms. The quantitative estimate of drug-likeness (QED) is 0.405. The molecule has 10 heteroatoms. The lowest BCUT2D eigenvalue weighted by Crippen LogP contribution is -2.23. The molecule has 0 atom stereocenters. The molecule has 2 aromatic rings. The van der Waals surface area contributed by atoms with Crippen molar-refractivity contribution in [2.75, 3.05) is 20.8 Å². The van der Waals surface area contributed by atoms with E-state index < -0.39 is 5.97 Å². The van der Waals surface area contributed by atoms with Gasteiger partial charge in [-0.05, 0) is 53.7 Å². The second kappa shape index (κ2) is 10.1. The molecule has 0 saturated carbocycles. The van der Waals surface area contributed by atoms with Gasteiger partial charge in [-0.3, -0.25) is 9.69 Å². The van der Waals surface area contributed by atoms with Crippen LogP contribution in [0.25, 0.3) is 6.08 Å². The van der Waals surface area contributed by atoms with Crippen LogP contribution < -0.4 is 9.47 Å². The minimum atomic E-state index is -1.16. The highest BCUT2D eigenvalue weighted by atomic mass is 35.5. The van der Waals surface area contributed by atoms with E-state index in [0.717, 1.165) is 11.8 Å². The Labute approximate surface area is 198 Å². The van der Waals surface area contributed by atoms with Crippen molar-refractivity contribution in [3.63, 3.8) is 0 Å². The van der Waals surface area contributed by atoms with E-state index in [1.54, 1.807) is 37.4 Å². The lowest BCUT2D eigenvalue weighted by Gasteiger charge is -2.12. The number of hydrogen-bond acceptors (Lipinski definition) is 6. The van der Waals surface area contributed by atoms with Crippen molar-refractivity contribution in [3.8, 4) is 11.5 Å². The van der Waals surface area contributed by atoms with E-state index in [4.69, 9.17) is 32.7 Å². The molecule has 0 aromatic heterocycles. The second-order valence-electron chi connectivity index (χ2n) is 6.47.